The number of nitrogens with one attached hydrogen (secondary N) is 1. The van der Waals surface area contributed by atoms with E-state index in [1.165, 1.54) is 4.31 Å². The van der Waals surface area contributed by atoms with E-state index in [-0.39, 0.29) is 30.2 Å². The van der Waals surface area contributed by atoms with Crippen LogP contribution in [0.3, 0.4) is 0 Å². The van der Waals surface area contributed by atoms with E-state index in [9.17, 15) is 13.2 Å². The van der Waals surface area contributed by atoms with Crippen molar-refractivity contribution in [2.24, 2.45) is 5.92 Å². The summed E-state index contributed by atoms with van der Waals surface area (Å²) < 4.78 is 32.7. The molecule has 7 heteroatoms. The molecule has 2 atom stereocenters. The van der Waals surface area contributed by atoms with Gasteiger partial charge in [-0.1, -0.05) is 49.4 Å². The Kier molecular flexibility index (Phi) is 8.92. The van der Waals surface area contributed by atoms with Crippen LogP contribution in [0, 0.1) is 12.8 Å². The molecule has 0 aromatic heterocycles. The fourth-order valence-electron chi connectivity index (χ4n) is 4.47. The number of methoxy groups -OCH3 is 1. The fraction of sp³-hybridized carbons (Fsp3) is 0.500. The molecule has 0 bridgehead atoms. The molecule has 1 N–H and O–H groups in total. The Morgan fingerprint density at radius 1 is 1.21 bits per heavy atom. The van der Waals surface area contributed by atoms with E-state index in [0.717, 1.165) is 35.3 Å². The molecule has 180 valence electrons. The highest BCUT2D eigenvalue weighted by Crippen LogP contribution is 2.26. The number of nitrogens with zero attached hydrogens (tertiary/aromatic N) is 1. The average molecular weight is 473 g/mol. The Morgan fingerprint density at radius 3 is 2.64 bits per heavy atom. The maximum absolute atomic E-state index is 13.1. The summed E-state index contributed by atoms with van der Waals surface area (Å²) in [5.74, 6) is 0.537. The summed E-state index contributed by atoms with van der Waals surface area (Å²) in [4.78, 5) is 13.1. The maximum Gasteiger partial charge on any atom is 0.224 e. The van der Waals surface area contributed by atoms with Crippen molar-refractivity contribution in [2.75, 3.05) is 26.0 Å². The molecular formula is C26H36N2O4S. The summed E-state index contributed by atoms with van der Waals surface area (Å²) in [5, 5.41) is 3.15. The number of hydrogen-bond donors (Lipinski definition) is 1. The normalized spacial score (nSPS) is 18.0. The van der Waals surface area contributed by atoms with Gasteiger partial charge < -0.3 is 10.1 Å². The number of benzene rings is 2. The van der Waals surface area contributed by atoms with Crippen molar-refractivity contribution < 1.29 is 17.9 Å². The van der Waals surface area contributed by atoms with E-state index < -0.39 is 10.0 Å². The Labute approximate surface area is 198 Å². The molecule has 1 fully saturated rings. The number of amides is 1. The summed E-state index contributed by atoms with van der Waals surface area (Å²) in [6.45, 7) is 4.78. The van der Waals surface area contributed by atoms with Crippen molar-refractivity contribution in [3.8, 4) is 5.75 Å². The van der Waals surface area contributed by atoms with Gasteiger partial charge in [0.2, 0.25) is 15.9 Å². The van der Waals surface area contributed by atoms with Crippen LogP contribution in [0.5, 0.6) is 5.75 Å². The third kappa shape index (κ3) is 6.81. The molecule has 3 rings (SSSR count). The van der Waals surface area contributed by atoms with Crippen LogP contribution in [0.4, 0.5) is 0 Å². The lowest BCUT2D eigenvalue weighted by Gasteiger charge is -2.32. The van der Waals surface area contributed by atoms with Gasteiger partial charge in [-0.2, -0.15) is 0 Å². The third-order valence-corrected chi connectivity index (χ3v) is 8.33. The molecule has 0 spiro atoms. The van der Waals surface area contributed by atoms with Gasteiger partial charge >= 0.3 is 0 Å². The number of aryl methyl sites for hydroxylation is 2. The van der Waals surface area contributed by atoms with E-state index >= 15 is 0 Å². The first-order chi connectivity index (χ1) is 15.8. The quantitative estimate of drug-likeness (QED) is 0.561. The zero-order valence-corrected chi connectivity index (χ0v) is 20.7. The van der Waals surface area contributed by atoms with Gasteiger partial charge in [0.05, 0.1) is 24.8 Å². The topological polar surface area (TPSA) is 75.7 Å². The highest BCUT2D eigenvalue weighted by atomic mass is 32.2. The van der Waals surface area contributed by atoms with Gasteiger partial charge in [0.1, 0.15) is 5.75 Å². The van der Waals surface area contributed by atoms with Gasteiger partial charge in [0.15, 0.2) is 0 Å². The first kappa shape index (κ1) is 25.2. The van der Waals surface area contributed by atoms with Crippen molar-refractivity contribution >= 4 is 15.9 Å². The average Bonchev–Trinajstić information content (AvgIpc) is 2.83. The molecular weight excluding hydrogens is 436 g/mol. The molecule has 2 aromatic rings. The summed E-state index contributed by atoms with van der Waals surface area (Å²) in [5.41, 5.74) is 3.20. The molecule has 1 amide bonds. The van der Waals surface area contributed by atoms with E-state index in [4.69, 9.17) is 4.74 Å². The van der Waals surface area contributed by atoms with Gasteiger partial charge in [0.25, 0.3) is 0 Å². The zero-order valence-electron chi connectivity index (χ0n) is 19.9. The number of sulfonamides is 1. The van der Waals surface area contributed by atoms with Gasteiger partial charge in [-0.15, -0.1) is 0 Å². The summed E-state index contributed by atoms with van der Waals surface area (Å²) in [6, 6.07) is 15.7. The maximum atomic E-state index is 13.1. The fourth-order valence-corrected chi connectivity index (χ4v) is 6.05. The molecule has 6 nitrogen and oxygen atoms in total. The van der Waals surface area contributed by atoms with Crippen LogP contribution >= 0.6 is 0 Å². The van der Waals surface area contributed by atoms with Crippen LogP contribution < -0.4 is 10.1 Å². The van der Waals surface area contributed by atoms with Crippen LogP contribution in [0.25, 0.3) is 0 Å². The van der Waals surface area contributed by atoms with Gasteiger partial charge in [-0.3, -0.25) is 4.79 Å². The molecule has 0 unspecified atom stereocenters. The van der Waals surface area contributed by atoms with E-state index in [1.54, 1.807) is 7.11 Å². The standard InChI is InChI=1S/C26H36N2O4S/c1-4-24(22-14-15-25(32-3)20(2)18-22)27-26(29)23-13-8-16-28(19-23)33(30,31)17-9-12-21-10-6-5-7-11-21/h5-7,10-11,14-15,18,23-24H,4,8-9,12-13,16-17,19H2,1-3H3,(H,27,29)/t23-,24-/m0/s1. The van der Waals surface area contributed by atoms with E-state index in [0.29, 0.717) is 25.8 Å². The predicted molar refractivity (Wildman–Crippen MR) is 132 cm³/mol. The molecule has 2 aromatic carbocycles. The molecule has 1 aliphatic heterocycles. The minimum absolute atomic E-state index is 0.0699. The molecule has 1 saturated heterocycles. The van der Waals surface area contributed by atoms with Gasteiger partial charge in [-0.25, -0.2) is 12.7 Å². The number of carbonyl (C=O) groups is 1. The molecule has 33 heavy (non-hydrogen) atoms. The monoisotopic (exact) mass is 472 g/mol. The van der Waals surface area contributed by atoms with Crippen molar-refractivity contribution in [1.82, 2.24) is 9.62 Å². The van der Waals surface area contributed by atoms with Crippen molar-refractivity contribution in [3.63, 3.8) is 0 Å². The van der Waals surface area contributed by atoms with Gasteiger partial charge in [0, 0.05) is 13.1 Å². The Bertz CT molecular complexity index is 1020. The lowest BCUT2D eigenvalue weighted by atomic mass is 9.96. The molecule has 0 aliphatic carbocycles. The molecule has 0 saturated carbocycles. The SMILES string of the molecule is CC[C@H](NC(=O)[C@H]1CCCN(S(=O)(=O)CCCc2ccccc2)C1)c1ccc(OC)c(C)c1. The third-order valence-electron chi connectivity index (χ3n) is 6.40. The van der Waals surface area contributed by atoms with E-state index in [2.05, 4.69) is 5.32 Å². The van der Waals surface area contributed by atoms with Gasteiger partial charge in [-0.05, 0) is 61.8 Å². The summed E-state index contributed by atoms with van der Waals surface area (Å²) in [6.07, 6.45) is 3.48. The van der Waals surface area contributed by atoms with Crippen molar-refractivity contribution in [3.05, 3.63) is 65.2 Å². The van der Waals surface area contributed by atoms with Crippen LogP contribution in [0.1, 0.15) is 55.3 Å². The second kappa shape index (κ2) is 11.7. The highest BCUT2D eigenvalue weighted by Gasteiger charge is 2.32. The number of hydrogen-bond acceptors (Lipinski definition) is 4. The second-order valence-corrected chi connectivity index (χ2v) is 10.9. The summed E-state index contributed by atoms with van der Waals surface area (Å²) in [7, 11) is -1.74. The van der Waals surface area contributed by atoms with Crippen molar-refractivity contribution in [1.29, 1.82) is 0 Å². The Balaban J connectivity index is 1.58. The Hall–Kier alpha value is -2.38. The number of rotatable bonds is 10. The van der Waals surface area contributed by atoms with Crippen LogP contribution in [-0.4, -0.2) is 44.6 Å². The minimum atomic E-state index is -3.38. The van der Waals surface area contributed by atoms with Crippen molar-refractivity contribution in [2.45, 2.75) is 52.0 Å². The molecule has 0 radical (unpaired) electrons. The van der Waals surface area contributed by atoms with E-state index in [1.807, 2.05) is 62.4 Å². The first-order valence-electron chi connectivity index (χ1n) is 11.8. The highest BCUT2D eigenvalue weighted by molar-refractivity contribution is 7.89. The molecule has 1 aliphatic rings. The predicted octanol–water partition coefficient (Wildman–Crippen LogP) is 4.25. The zero-order chi connectivity index (χ0) is 23.8. The second-order valence-electron chi connectivity index (χ2n) is 8.80. The largest absolute Gasteiger partial charge is 0.496 e. The lowest BCUT2D eigenvalue weighted by Crippen LogP contribution is -2.46. The number of piperidine rings is 1. The first-order valence-corrected chi connectivity index (χ1v) is 13.4. The molecule has 1 heterocycles. The van der Waals surface area contributed by atoms with Crippen LogP contribution in [-0.2, 0) is 21.2 Å². The lowest BCUT2D eigenvalue weighted by molar-refractivity contribution is -0.126. The minimum Gasteiger partial charge on any atom is -0.496 e. The summed E-state index contributed by atoms with van der Waals surface area (Å²) >= 11 is 0. The van der Waals surface area contributed by atoms with Crippen LogP contribution in [0.2, 0.25) is 0 Å². The van der Waals surface area contributed by atoms with Crippen LogP contribution in [0.15, 0.2) is 48.5 Å². The number of carbonyl (C=O) groups excluding carboxylic acids is 1. The smallest absolute Gasteiger partial charge is 0.224 e. The number of ether oxygens (including phenoxy) is 1. The Morgan fingerprint density at radius 2 is 1.97 bits per heavy atom.